The normalized spacial score (nSPS) is 31.7. The van der Waals surface area contributed by atoms with E-state index in [4.69, 9.17) is 4.74 Å². The third-order valence-electron chi connectivity index (χ3n) is 4.00. The molecule has 0 spiro atoms. The number of quaternary nitrogens is 1. The minimum absolute atomic E-state index is 0.0612. The zero-order valence-corrected chi connectivity index (χ0v) is 12.5. The van der Waals surface area contributed by atoms with Gasteiger partial charge in [-0.1, -0.05) is 13.8 Å². The lowest BCUT2D eigenvalue weighted by molar-refractivity contribution is -0.956. The van der Waals surface area contributed by atoms with Crippen molar-refractivity contribution in [2.45, 2.75) is 78.0 Å². The number of nitrogens with one attached hydrogen (secondary N) is 1. The maximum absolute atomic E-state index is 12.2. The van der Waals surface area contributed by atoms with Gasteiger partial charge in [-0.2, -0.15) is 0 Å². The Bertz CT molecular complexity index is 294. The predicted octanol–water partition coefficient (Wildman–Crippen LogP) is 1.68. The lowest BCUT2D eigenvalue weighted by Gasteiger charge is -2.54. The molecule has 0 aromatic carbocycles. The molecule has 0 aromatic heterocycles. The van der Waals surface area contributed by atoms with Crippen LogP contribution in [0.1, 0.15) is 60.8 Å². The minimum Gasteiger partial charge on any atom is -0.634 e. The van der Waals surface area contributed by atoms with E-state index < -0.39 is 11.1 Å². The molecule has 1 atom stereocenters. The van der Waals surface area contributed by atoms with Gasteiger partial charge < -0.3 is 15.0 Å². The van der Waals surface area contributed by atoms with E-state index >= 15 is 0 Å². The zero-order chi connectivity index (χ0) is 14.1. The smallest absolute Gasteiger partial charge is 0.308 e. The molecular weight excluding hydrogens is 230 g/mol. The Labute approximate surface area is 110 Å². The standard InChI is InChI=1S/C14H27NO3/c1-7-10(2)12(16)18-11-8-13(3,4)15(17)14(5,6)9-11/h10-11,15H,7-9H2,1-6H3. The first-order valence-electron chi connectivity index (χ1n) is 6.85. The molecule has 1 heterocycles. The molecule has 0 amide bonds. The Morgan fingerprint density at radius 3 is 2.17 bits per heavy atom. The van der Waals surface area contributed by atoms with Gasteiger partial charge in [-0.25, -0.2) is 0 Å². The summed E-state index contributed by atoms with van der Waals surface area (Å²) in [5.41, 5.74) is -0.801. The SMILES string of the molecule is CCC(C)C(=O)OC1CC(C)(C)[NH+]([O-])C(C)(C)C1. The molecule has 1 N–H and O–H groups in total. The fraction of sp³-hybridized carbons (Fsp3) is 0.929. The van der Waals surface area contributed by atoms with Crippen LogP contribution in [-0.4, -0.2) is 23.2 Å². The average Bonchev–Trinajstić information content (AvgIpc) is 2.23. The number of hydrogen-bond acceptors (Lipinski definition) is 3. The van der Waals surface area contributed by atoms with E-state index in [-0.39, 0.29) is 23.1 Å². The van der Waals surface area contributed by atoms with Crippen LogP contribution in [0.5, 0.6) is 0 Å². The zero-order valence-electron chi connectivity index (χ0n) is 12.5. The van der Waals surface area contributed by atoms with Crippen molar-refractivity contribution in [2.75, 3.05) is 0 Å². The molecule has 1 unspecified atom stereocenters. The van der Waals surface area contributed by atoms with E-state index in [1.54, 1.807) is 0 Å². The van der Waals surface area contributed by atoms with Crippen molar-refractivity contribution in [2.24, 2.45) is 5.92 Å². The molecular formula is C14H27NO3. The van der Waals surface area contributed by atoms with Gasteiger partial charge in [0.15, 0.2) is 0 Å². The molecule has 1 rings (SSSR count). The number of piperidine rings is 1. The summed E-state index contributed by atoms with van der Waals surface area (Å²) < 4.78 is 5.57. The first-order valence-corrected chi connectivity index (χ1v) is 6.85. The monoisotopic (exact) mass is 257 g/mol. The summed E-state index contributed by atoms with van der Waals surface area (Å²) in [6, 6.07) is 0. The van der Waals surface area contributed by atoms with E-state index in [1.807, 2.05) is 41.5 Å². The van der Waals surface area contributed by atoms with Crippen molar-refractivity contribution in [3.8, 4) is 0 Å². The molecule has 0 aromatic rings. The van der Waals surface area contributed by atoms with Crippen molar-refractivity contribution >= 4 is 5.97 Å². The number of esters is 1. The van der Waals surface area contributed by atoms with Gasteiger partial charge in [0.1, 0.15) is 6.10 Å². The van der Waals surface area contributed by atoms with Crippen LogP contribution in [0, 0.1) is 11.1 Å². The van der Waals surface area contributed by atoms with Crippen LogP contribution in [0.4, 0.5) is 0 Å². The second-order valence-corrected chi connectivity index (χ2v) is 6.87. The van der Waals surface area contributed by atoms with Gasteiger partial charge in [0.05, 0.1) is 17.0 Å². The maximum atomic E-state index is 12.2. The van der Waals surface area contributed by atoms with Gasteiger partial charge in [-0.15, -0.1) is 0 Å². The molecule has 106 valence electrons. The van der Waals surface area contributed by atoms with E-state index in [9.17, 15) is 10.0 Å². The topological polar surface area (TPSA) is 53.8 Å². The molecule has 0 saturated carbocycles. The fourth-order valence-corrected chi connectivity index (χ4v) is 2.84. The second kappa shape index (κ2) is 5.17. The molecule has 1 aliphatic heterocycles. The fourth-order valence-electron chi connectivity index (χ4n) is 2.84. The van der Waals surface area contributed by atoms with E-state index in [0.717, 1.165) is 6.42 Å². The van der Waals surface area contributed by atoms with Crippen LogP contribution in [-0.2, 0) is 9.53 Å². The maximum Gasteiger partial charge on any atom is 0.308 e. The van der Waals surface area contributed by atoms with Crippen LogP contribution in [0.2, 0.25) is 0 Å². The summed E-state index contributed by atoms with van der Waals surface area (Å²) >= 11 is 0. The lowest BCUT2D eigenvalue weighted by atomic mass is 9.80. The summed E-state index contributed by atoms with van der Waals surface area (Å²) in [4.78, 5) is 11.8. The number of hydroxylamine groups is 2. The third-order valence-corrected chi connectivity index (χ3v) is 4.00. The molecule has 0 bridgehead atoms. The van der Waals surface area contributed by atoms with Gasteiger partial charge >= 0.3 is 5.97 Å². The Kier molecular flexibility index (Phi) is 4.44. The summed E-state index contributed by atoms with van der Waals surface area (Å²) in [5, 5.41) is 12.5. The second-order valence-electron chi connectivity index (χ2n) is 6.87. The number of carbonyl (C=O) groups excluding carboxylic acids is 1. The van der Waals surface area contributed by atoms with Gasteiger partial charge in [-0.05, 0) is 34.1 Å². The average molecular weight is 257 g/mol. The molecule has 0 radical (unpaired) electrons. The highest BCUT2D eigenvalue weighted by Gasteiger charge is 2.46. The van der Waals surface area contributed by atoms with Gasteiger partial charge in [0.2, 0.25) is 0 Å². The Morgan fingerprint density at radius 2 is 1.78 bits per heavy atom. The summed E-state index contributed by atoms with van der Waals surface area (Å²) in [6.45, 7) is 11.6. The van der Waals surface area contributed by atoms with Crippen molar-refractivity contribution in [1.82, 2.24) is 0 Å². The van der Waals surface area contributed by atoms with E-state index in [0.29, 0.717) is 12.8 Å². The molecule has 4 nitrogen and oxygen atoms in total. The summed E-state index contributed by atoms with van der Waals surface area (Å²) in [7, 11) is 0. The molecule has 4 heteroatoms. The van der Waals surface area contributed by atoms with E-state index in [2.05, 4.69) is 0 Å². The largest absolute Gasteiger partial charge is 0.634 e. The number of carbonyl (C=O) groups is 1. The highest BCUT2D eigenvalue weighted by atomic mass is 16.5. The Balaban J connectivity index is 2.72. The predicted molar refractivity (Wildman–Crippen MR) is 71.1 cm³/mol. The van der Waals surface area contributed by atoms with Crippen LogP contribution >= 0.6 is 0 Å². The number of ether oxygens (including phenoxy) is 1. The Hall–Kier alpha value is -0.610. The first-order chi connectivity index (χ1) is 8.10. The third kappa shape index (κ3) is 3.23. The molecule has 1 fully saturated rings. The van der Waals surface area contributed by atoms with E-state index in [1.165, 1.54) is 0 Å². The van der Waals surface area contributed by atoms with Gasteiger partial charge in [0, 0.05) is 12.8 Å². The molecule has 1 saturated heterocycles. The van der Waals surface area contributed by atoms with Crippen molar-refractivity contribution in [1.29, 1.82) is 0 Å². The van der Waals surface area contributed by atoms with Crippen LogP contribution in [0.25, 0.3) is 0 Å². The van der Waals surface area contributed by atoms with Crippen LogP contribution in [0.15, 0.2) is 0 Å². The number of rotatable bonds is 3. The van der Waals surface area contributed by atoms with Crippen molar-refractivity contribution in [3.63, 3.8) is 0 Å². The molecule has 0 aliphatic carbocycles. The van der Waals surface area contributed by atoms with Crippen LogP contribution < -0.4 is 5.06 Å². The van der Waals surface area contributed by atoms with Crippen molar-refractivity contribution < 1.29 is 14.6 Å². The lowest BCUT2D eigenvalue weighted by Crippen LogP contribution is -3.23. The highest BCUT2D eigenvalue weighted by Crippen LogP contribution is 2.26. The van der Waals surface area contributed by atoms with Gasteiger partial charge in [0.25, 0.3) is 0 Å². The van der Waals surface area contributed by atoms with Crippen molar-refractivity contribution in [3.05, 3.63) is 5.21 Å². The summed E-state index contributed by atoms with van der Waals surface area (Å²) in [5.74, 6) is -0.197. The first kappa shape index (κ1) is 15.4. The summed E-state index contributed by atoms with van der Waals surface area (Å²) in [6.07, 6.45) is 1.93. The Morgan fingerprint density at radius 1 is 1.33 bits per heavy atom. The molecule has 18 heavy (non-hydrogen) atoms. The highest BCUT2D eigenvalue weighted by molar-refractivity contribution is 5.72. The molecule has 1 aliphatic rings. The quantitative estimate of drug-likeness (QED) is 0.618. The minimum atomic E-state index is -0.401. The number of hydrogen-bond donors (Lipinski definition) is 1. The van der Waals surface area contributed by atoms with Crippen LogP contribution in [0.3, 0.4) is 0 Å². The van der Waals surface area contributed by atoms with Gasteiger partial charge in [-0.3, -0.25) is 4.79 Å².